The molecule has 1 rings (SSSR count). The first kappa shape index (κ1) is 4.97. The van der Waals surface area contributed by atoms with Crippen LogP contribution in [0.4, 0.5) is 0 Å². The van der Waals surface area contributed by atoms with Gasteiger partial charge in [-0.3, -0.25) is 5.43 Å². The summed E-state index contributed by atoms with van der Waals surface area (Å²) in [5.74, 6) is 0. The van der Waals surface area contributed by atoms with E-state index in [2.05, 4.69) is 23.2 Å². The molecule has 0 fully saturated rings. The summed E-state index contributed by atoms with van der Waals surface area (Å²) in [5, 5.41) is 4.09. The fourth-order valence-electron chi connectivity index (χ4n) is 0.500. The molecular weight excluding hydrogens is 108 g/mol. The van der Waals surface area contributed by atoms with Crippen LogP contribution in [0.2, 0.25) is 0 Å². The molecule has 1 unspecified atom stereocenters. The Kier molecular flexibility index (Phi) is 1.57. The Bertz CT molecular complexity index is 81.8. The van der Waals surface area contributed by atoms with E-state index in [9.17, 15) is 0 Å². The summed E-state index contributed by atoms with van der Waals surface area (Å²) < 4.78 is 0. The molecule has 0 aromatic carbocycles. The fourth-order valence-corrected chi connectivity index (χ4v) is 0.716. The lowest BCUT2D eigenvalue weighted by molar-refractivity contribution is 0.630. The van der Waals surface area contributed by atoms with Crippen molar-refractivity contribution in [2.75, 3.05) is 0 Å². The van der Waals surface area contributed by atoms with Gasteiger partial charge in [0.15, 0.2) is 0 Å². The zero-order chi connectivity index (χ0) is 5.11. The van der Waals surface area contributed by atoms with Crippen molar-refractivity contribution in [3.63, 3.8) is 0 Å². The third kappa shape index (κ3) is 1.39. The van der Waals surface area contributed by atoms with Gasteiger partial charge >= 0.3 is 0 Å². The maximum Gasteiger partial charge on any atom is 0.0866 e. The van der Waals surface area contributed by atoms with E-state index in [0.717, 1.165) is 12.8 Å². The molecule has 1 N–H and O–H groups in total. The van der Waals surface area contributed by atoms with Crippen LogP contribution in [-0.2, 0) is 0 Å². The van der Waals surface area contributed by atoms with Gasteiger partial charge in [0.05, 0.1) is 5.37 Å². The third-order valence-corrected chi connectivity index (χ3v) is 1.26. The van der Waals surface area contributed by atoms with Crippen molar-refractivity contribution in [3.05, 3.63) is 0 Å². The van der Waals surface area contributed by atoms with Gasteiger partial charge in [-0.2, -0.15) is 17.7 Å². The van der Waals surface area contributed by atoms with Crippen LogP contribution in [0.3, 0.4) is 0 Å². The van der Waals surface area contributed by atoms with Gasteiger partial charge in [0.25, 0.3) is 0 Å². The SMILES string of the molecule is SC1CCC=NN1. The minimum absolute atomic E-state index is 0.282. The molecule has 0 amide bonds. The van der Waals surface area contributed by atoms with E-state index in [0.29, 0.717) is 0 Å². The van der Waals surface area contributed by atoms with Crippen molar-refractivity contribution < 1.29 is 0 Å². The Balaban J connectivity index is 2.32. The summed E-state index contributed by atoms with van der Waals surface area (Å²) in [6.45, 7) is 0. The summed E-state index contributed by atoms with van der Waals surface area (Å²) in [6, 6.07) is 0. The van der Waals surface area contributed by atoms with Gasteiger partial charge in [-0.1, -0.05) is 0 Å². The first-order valence-corrected chi connectivity index (χ1v) is 2.86. The van der Waals surface area contributed by atoms with E-state index in [1.165, 1.54) is 0 Å². The van der Waals surface area contributed by atoms with Crippen molar-refractivity contribution in [3.8, 4) is 0 Å². The number of hydrogen-bond donors (Lipinski definition) is 2. The van der Waals surface area contributed by atoms with Gasteiger partial charge in [-0.15, -0.1) is 0 Å². The maximum atomic E-state index is 4.14. The van der Waals surface area contributed by atoms with Gasteiger partial charge in [0.1, 0.15) is 0 Å². The average molecular weight is 116 g/mol. The molecule has 1 aliphatic rings. The second kappa shape index (κ2) is 2.21. The zero-order valence-corrected chi connectivity index (χ0v) is 4.86. The Labute approximate surface area is 48.4 Å². The Morgan fingerprint density at radius 1 is 1.86 bits per heavy atom. The molecule has 3 heteroatoms. The fraction of sp³-hybridized carbons (Fsp3) is 0.750. The summed E-state index contributed by atoms with van der Waals surface area (Å²) >= 11 is 4.14. The molecule has 1 heterocycles. The molecule has 7 heavy (non-hydrogen) atoms. The molecular formula is C4H8N2S. The molecule has 0 radical (unpaired) electrons. The monoisotopic (exact) mass is 116 g/mol. The number of thiol groups is 1. The molecule has 0 aromatic rings. The summed E-state index contributed by atoms with van der Waals surface area (Å²) in [7, 11) is 0. The molecule has 40 valence electrons. The lowest BCUT2D eigenvalue weighted by Gasteiger charge is -2.11. The Morgan fingerprint density at radius 2 is 2.71 bits per heavy atom. The van der Waals surface area contributed by atoms with Gasteiger partial charge in [0, 0.05) is 6.21 Å². The van der Waals surface area contributed by atoms with Crippen LogP contribution >= 0.6 is 12.6 Å². The first-order valence-electron chi connectivity index (χ1n) is 2.35. The van der Waals surface area contributed by atoms with E-state index < -0.39 is 0 Å². The lowest BCUT2D eigenvalue weighted by atomic mass is 10.3. The molecule has 0 saturated carbocycles. The highest BCUT2D eigenvalue weighted by Crippen LogP contribution is 2.02. The molecule has 2 nitrogen and oxygen atoms in total. The predicted octanol–water partition coefficient (Wildman–Crippen LogP) is 0.611. The summed E-state index contributed by atoms with van der Waals surface area (Å²) in [6.07, 6.45) is 4.01. The standard InChI is InChI=1S/C4H8N2S/c7-4-2-1-3-5-6-4/h3-4,6-7H,1-2H2. The van der Waals surface area contributed by atoms with E-state index in [1.807, 2.05) is 6.21 Å². The molecule has 1 atom stereocenters. The van der Waals surface area contributed by atoms with Crippen LogP contribution in [0.25, 0.3) is 0 Å². The van der Waals surface area contributed by atoms with E-state index >= 15 is 0 Å². The van der Waals surface area contributed by atoms with Crippen molar-refractivity contribution in [1.29, 1.82) is 0 Å². The van der Waals surface area contributed by atoms with Crippen LogP contribution in [0.5, 0.6) is 0 Å². The summed E-state index contributed by atoms with van der Waals surface area (Å²) in [4.78, 5) is 0. The number of hydrazone groups is 1. The molecule has 1 aliphatic heterocycles. The highest BCUT2D eigenvalue weighted by Gasteiger charge is 2.00. The average Bonchev–Trinajstić information content (AvgIpc) is 1.69. The van der Waals surface area contributed by atoms with Crippen LogP contribution < -0.4 is 5.43 Å². The van der Waals surface area contributed by atoms with Gasteiger partial charge < -0.3 is 0 Å². The number of rotatable bonds is 0. The molecule has 0 saturated heterocycles. The van der Waals surface area contributed by atoms with Gasteiger partial charge in [-0.05, 0) is 12.8 Å². The Morgan fingerprint density at radius 3 is 3.00 bits per heavy atom. The molecule has 0 spiro atoms. The van der Waals surface area contributed by atoms with E-state index in [1.54, 1.807) is 0 Å². The molecule has 0 aromatic heterocycles. The normalized spacial score (nSPS) is 29.6. The minimum Gasteiger partial charge on any atom is -0.298 e. The zero-order valence-electron chi connectivity index (χ0n) is 3.96. The molecule has 0 bridgehead atoms. The highest BCUT2D eigenvalue weighted by atomic mass is 32.1. The van der Waals surface area contributed by atoms with Gasteiger partial charge in [0.2, 0.25) is 0 Å². The first-order chi connectivity index (χ1) is 3.39. The topological polar surface area (TPSA) is 24.4 Å². The van der Waals surface area contributed by atoms with Crippen molar-refractivity contribution in [2.24, 2.45) is 5.10 Å². The predicted molar refractivity (Wildman–Crippen MR) is 33.6 cm³/mol. The quantitative estimate of drug-likeness (QED) is 0.445. The largest absolute Gasteiger partial charge is 0.298 e. The van der Waals surface area contributed by atoms with Crippen molar-refractivity contribution >= 4 is 18.8 Å². The highest BCUT2D eigenvalue weighted by molar-refractivity contribution is 7.80. The van der Waals surface area contributed by atoms with Gasteiger partial charge in [-0.25, -0.2) is 0 Å². The number of nitrogens with one attached hydrogen (secondary N) is 1. The van der Waals surface area contributed by atoms with Crippen LogP contribution in [0, 0.1) is 0 Å². The van der Waals surface area contributed by atoms with E-state index in [-0.39, 0.29) is 5.37 Å². The van der Waals surface area contributed by atoms with Crippen molar-refractivity contribution in [2.45, 2.75) is 18.2 Å². The number of hydrogen-bond acceptors (Lipinski definition) is 3. The maximum absolute atomic E-state index is 4.14. The van der Waals surface area contributed by atoms with Crippen LogP contribution in [-0.4, -0.2) is 11.6 Å². The van der Waals surface area contributed by atoms with Crippen LogP contribution in [0.1, 0.15) is 12.8 Å². The van der Waals surface area contributed by atoms with Crippen LogP contribution in [0.15, 0.2) is 5.10 Å². The van der Waals surface area contributed by atoms with E-state index in [4.69, 9.17) is 0 Å². The second-order valence-electron chi connectivity index (χ2n) is 1.53. The second-order valence-corrected chi connectivity index (χ2v) is 2.16. The lowest BCUT2D eigenvalue weighted by Crippen LogP contribution is -2.21. The smallest absolute Gasteiger partial charge is 0.0866 e. The minimum atomic E-state index is 0.282. The van der Waals surface area contributed by atoms with Crippen molar-refractivity contribution in [1.82, 2.24) is 5.43 Å². The molecule has 0 aliphatic carbocycles. The Hall–Kier alpha value is -0.180. The number of nitrogens with zero attached hydrogens (tertiary/aromatic N) is 1. The third-order valence-electron chi connectivity index (χ3n) is 0.884. The summed E-state index contributed by atoms with van der Waals surface area (Å²) in [5.41, 5.74) is 2.82.